The van der Waals surface area contributed by atoms with Crippen molar-refractivity contribution in [1.29, 1.82) is 0 Å². The second-order valence-electron chi connectivity index (χ2n) is 9.39. The topological polar surface area (TPSA) is 125 Å². The van der Waals surface area contributed by atoms with Crippen molar-refractivity contribution in [2.75, 3.05) is 6.54 Å². The van der Waals surface area contributed by atoms with E-state index >= 15 is 0 Å². The first-order valence-electron chi connectivity index (χ1n) is 12.8. The summed E-state index contributed by atoms with van der Waals surface area (Å²) in [6.45, 7) is 1.68. The fourth-order valence-electron chi connectivity index (χ4n) is 5.21. The molecule has 1 saturated heterocycles. The normalized spacial score (nSPS) is 15.2. The Morgan fingerprint density at radius 3 is 1.74 bits per heavy atom. The van der Waals surface area contributed by atoms with Crippen LogP contribution in [0.4, 0.5) is 4.79 Å². The summed E-state index contributed by atoms with van der Waals surface area (Å²) >= 11 is 0. The highest BCUT2D eigenvalue weighted by Crippen LogP contribution is 2.37. The quantitative estimate of drug-likeness (QED) is 0.236. The van der Waals surface area contributed by atoms with Crippen molar-refractivity contribution < 1.29 is 24.3 Å². The first-order valence-corrected chi connectivity index (χ1v) is 12.8. The van der Waals surface area contributed by atoms with Gasteiger partial charge in [-0.1, -0.05) is 91.0 Å². The Labute approximate surface area is 227 Å². The number of nitrogens with one attached hydrogen (secondary N) is 3. The third-order valence-corrected chi connectivity index (χ3v) is 6.89. The maximum atomic E-state index is 13.7. The summed E-state index contributed by atoms with van der Waals surface area (Å²) in [4.78, 5) is 50.2. The van der Waals surface area contributed by atoms with Crippen molar-refractivity contribution in [3.63, 3.8) is 0 Å². The van der Waals surface area contributed by atoms with Gasteiger partial charge >= 0.3 is 6.09 Å². The van der Waals surface area contributed by atoms with Gasteiger partial charge in [-0.3, -0.25) is 14.4 Å². The van der Waals surface area contributed by atoms with Gasteiger partial charge in [-0.2, -0.15) is 0 Å². The van der Waals surface area contributed by atoms with E-state index in [0.717, 1.165) is 16.7 Å². The first-order chi connectivity index (χ1) is 18.8. The zero-order valence-corrected chi connectivity index (χ0v) is 21.6. The van der Waals surface area contributed by atoms with Crippen LogP contribution in [0.2, 0.25) is 0 Å². The Bertz CT molecular complexity index is 1270. The molecule has 3 aromatic rings. The molecule has 1 heterocycles. The van der Waals surface area contributed by atoms with E-state index in [1.54, 1.807) is 0 Å². The first kappa shape index (κ1) is 27.3. The van der Waals surface area contributed by atoms with Crippen molar-refractivity contribution in [3.05, 3.63) is 119 Å². The summed E-state index contributed by atoms with van der Waals surface area (Å²) in [6, 6.07) is 27.9. The molecule has 4 N–H and O–H groups in total. The molecule has 39 heavy (non-hydrogen) atoms. The van der Waals surface area contributed by atoms with E-state index in [-0.39, 0.29) is 29.9 Å². The Morgan fingerprint density at radius 1 is 0.872 bits per heavy atom. The summed E-state index contributed by atoms with van der Waals surface area (Å²) < 4.78 is 0. The van der Waals surface area contributed by atoms with E-state index in [0.29, 0.717) is 13.0 Å². The van der Waals surface area contributed by atoms with Crippen molar-refractivity contribution in [2.24, 2.45) is 0 Å². The molecule has 1 fully saturated rings. The molecule has 0 saturated carbocycles. The molecule has 1 atom stereocenters. The van der Waals surface area contributed by atoms with Crippen LogP contribution in [0.3, 0.4) is 0 Å². The summed E-state index contributed by atoms with van der Waals surface area (Å²) in [5, 5.41) is 17.7. The van der Waals surface area contributed by atoms with E-state index in [9.17, 15) is 24.3 Å². The molecule has 0 aliphatic carbocycles. The number of benzene rings is 3. The Kier molecular flexibility index (Phi) is 8.56. The highest BCUT2D eigenvalue weighted by atomic mass is 16.4. The molecule has 3 aromatic carbocycles. The standard InChI is InChI=1S/C31H31N3O5/c1-21(35)28(25-19-20-32-29(25)37)26(33-30(38)39)17-18-27(36)34-31(22-11-5-2-6-12-22,23-13-7-3-8-14-23)24-15-9-4-10-16-24/h2-16,26,33H,17-20H2,1H3,(H,32,37)(H,34,36)(H,38,39)/b28-25+. The van der Waals surface area contributed by atoms with Crippen LogP contribution in [-0.4, -0.2) is 41.4 Å². The Hall–Kier alpha value is -4.72. The van der Waals surface area contributed by atoms with E-state index < -0.39 is 29.4 Å². The number of carbonyl (C=O) groups excluding carboxylic acids is 3. The summed E-state index contributed by atoms with van der Waals surface area (Å²) in [7, 11) is 0. The van der Waals surface area contributed by atoms with Gasteiger partial charge in [0.05, 0.1) is 6.04 Å². The zero-order valence-electron chi connectivity index (χ0n) is 21.6. The SMILES string of the molecule is CC(=O)/C(=C1/CCNC1=O)C(CCC(=O)NC(c1ccccc1)(c1ccccc1)c1ccccc1)NC(=O)O. The maximum Gasteiger partial charge on any atom is 0.405 e. The molecule has 1 aliphatic rings. The molecule has 0 aromatic heterocycles. The molecule has 1 aliphatic heterocycles. The smallest absolute Gasteiger partial charge is 0.405 e. The summed E-state index contributed by atoms with van der Waals surface area (Å²) in [5.74, 6) is -1.14. The predicted molar refractivity (Wildman–Crippen MR) is 147 cm³/mol. The largest absolute Gasteiger partial charge is 0.465 e. The van der Waals surface area contributed by atoms with E-state index in [2.05, 4.69) is 16.0 Å². The average Bonchev–Trinajstić information content (AvgIpc) is 3.36. The molecule has 4 rings (SSSR count). The molecule has 8 nitrogen and oxygen atoms in total. The van der Waals surface area contributed by atoms with Crippen LogP contribution in [0, 0.1) is 0 Å². The molecule has 3 amide bonds. The lowest BCUT2D eigenvalue weighted by atomic mass is 9.77. The minimum atomic E-state index is -1.34. The van der Waals surface area contributed by atoms with Crippen LogP contribution in [0.15, 0.2) is 102 Å². The average molecular weight is 526 g/mol. The second-order valence-corrected chi connectivity index (χ2v) is 9.39. The van der Waals surface area contributed by atoms with Crippen molar-refractivity contribution in [1.82, 2.24) is 16.0 Å². The fourth-order valence-corrected chi connectivity index (χ4v) is 5.21. The molecular formula is C31H31N3O5. The molecule has 0 spiro atoms. The van der Waals surface area contributed by atoms with Crippen LogP contribution in [0.25, 0.3) is 0 Å². The van der Waals surface area contributed by atoms with Crippen LogP contribution < -0.4 is 16.0 Å². The summed E-state index contributed by atoms with van der Waals surface area (Å²) in [6.07, 6.45) is -1.12. The molecule has 8 heteroatoms. The van der Waals surface area contributed by atoms with Crippen LogP contribution in [0.1, 0.15) is 42.9 Å². The van der Waals surface area contributed by atoms with E-state index in [4.69, 9.17) is 0 Å². The third kappa shape index (κ3) is 6.06. The van der Waals surface area contributed by atoms with Gasteiger partial charge in [-0.15, -0.1) is 0 Å². The van der Waals surface area contributed by atoms with Crippen molar-refractivity contribution >= 4 is 23.7 Å². The van der Waals surface area contributed by atoms with E-state index in [1.165, 1.54) is 6.92 Å². The predicted octanol–water partition coefficient (Wildman–Crippen LogP) is 3.92. The van der Waals surface area contributed by atoms with Gasteiger partial charge in [-0.05, 0) is 36.5 Å². The van der Waals surface area contributed by atoms with E-state index in [1.807, 2.05) is 91.0 Å². The van der Waals surface area contributed by atoms with Gasteiger partial charge in [0.25, 0.3) is 0 Å². The lowest BCUT2D eigenvalue weighted by Crippen LogP contribution is -2.48. The number of Topliss-reactive ketones (excluding diaryl/α,β-unsaturated/α-hetero) is 1. The maximum absolute atomic E-state index is 13.7. The molecule has 1 unspecified atom stereocenters. The number of hydrogen-bond donors (Lipinski definition) is 4. The molecule has 0 bridgehead atoms. The fraction of sp³-hybridized carbons (Fsp3) is 0.226. The zero-order chi connectivity index (χ0) is 27.8. The molecule has 200 valence electrons. The minimum absolute atomic E-state index is 0.00171. The van der Waals surface area contributed by atoms with Crippen LogP contribution in [-0.2, 0) is 19.9 Å². The monoisotopic (exact) mass is 525 g/mol. The highest BCUT2D eigenvalue weighted by molar-refractivity contribution is 6.06. The van der Waals surface area contributed by atoms with Crippen molar-refractivity contribution in [2.45, 2.75) is 37.8 Å². The number of amides is 3. The van der Waals surface area contributed by atoms with Gasteiger partial charge < -0.3 is 21.1 Å². The van der Waals surface area contributed by atoms with Gasteiger partial charge in [-0.25, -0.2) is 4.79 Å². The Balaban J connectivity index is 1.70. The lowest BCUT2D eigenvalue weighted by Gasteiger charge is -2.37. The minimum Gasteiger partial charge on any atom is -0.465 e. The lowest BCUT2D eigenvalue weighted by molar-refractivity contribution is -0.122. The number of rotatable bonds is 10. The number of hydrogen-bond acceptors (Lipinski definition) is 4. The van der Waals surface area contributed by atoms with Crippen molar-refractivity contribution in [3.8, 4) is 0 Å². The number of carbonyl (C=O) groups is 4. The Morgan fingerprint density at radius 2 is 1.36 bits per heavy atom. The van der Waals surface area contributed by atoms with Gasteiger partial charge in [0.1, 0.15) is 5.54 Å². The van der Waals surface area contributed by atoms with Gasteiger partial charge in [0, 0.05) is 24.1 Å². The highest BCUT2D eigenvalue weighted by Gasteiger charge is 2.38. The number of ketones is 1. The van der Waals surface area contributed by atoms with Crippen LogP contribution in [0.5, 0.6) is 0 Å². The third-order valence-electron chi connectivity index (χ3n) is 6.89. The second kappa shape index (κ2) is 12.2. The summed E-state index contributed by atoms with van der Waals surface area (Å²) in [5.41, 5.74) is 1.89. The molecule has 0 radical (unpaired) electrons. The number of carboxylic acid groups (broad SMARTS) is 1. The van der Waals surface area contributed by atoms with Gasteiger partial charge in [0.15, 0.2) is 5.78 Å². The molecular weight excluding hydrogens is 494 g/mol. The van der Waals surface area contributed by atoms with Crippen LogP contribution >= 0.6 is 0 Å². The van der Waals surface area contributed by atoms with Gasteiger partial charge in [0.2, 0.25) is 11.8 Å².